The maximum atomic E-state index is 13.7. The predicted octanol–water partition coefficient (Wildman–Crippen LogP) is 3.99. The Labute approximate surface area is 162 Å². The number of rotatable bonds is 7. The minimum atomic E-state index is -1.03. The summed E-state index contributed by atoms with van der Waals surface area (Å²) in [6.45, 7) is 1.77. The molecule has 2 aromatic rings. The fraction of sp³-hybridized carbons (Fsp3) is 0.350. The van der Waals surface area contributed by atoms with Crippen LogP contribution in [0.25, 0.3) is 0 Å². The highest BCUT2D eigenvalue weighted by molar-refractivity contribution is 6.30. The van der Waals surface area contributed by atoms with Gasteiger partial charge in [0.15, 0.2) is 18.2 Å². The number of hydrogen-bond donors (Lipinski definition) is 1. The van der Waals surface area contributed by atoms with E-state index < -0.39 is 12.6 Å². The third-order valence-electron chi connectivity index (χ3n) is 4.43. The number of piperidine rings is 1. The first kappa shape index (κ1) is 19.5. The topological polar surface area (TPSA) is 59.0 Å². The van der Waals surface area contributed by atoms with E-state index in [4.69, 9.17) is 26.2 Å². The highest BCUT2D eigenvalue weighted by Crippen LogP contribution is 2.27. The molecule has 1 fully saturated rings. The molecule has 2 aromatic carbocycles. The Morgan fingerprint density at radius 2 is 1.93 bits per heavy atom. The molecule has 1 N–H and O–H groups in total. The van der Waals surface area contributed by atoms with Crippen molar-refractivity contribution < 1.29 is 23.8 Å². The van der Waals surface area contributed by atoms with Crippen molar-refractivity contribution in [2.75, 3.05) is 19.7 Å². The smallest absolute Gasteiger partial charge is 0.341 e. The zero-order valence-corrected chi connectivity index (χ0v) is 15.5. The first-order chi connectivity index (χ1) is 13.0. The van der Waals surface area contributed by atoms with Gasteiger partial charge in [-0.3, -0.25) is 4.90 Å². The number of carbonyl (C=O) groups is 1. The van der Waals surface area contributed by atoms with E-state index in [1.807, 2.05) is 0 Å². The van der Waals surface area contributed by atoms with E-state index in [-0.39, 0.29) is 17.7 Å². The Kier molecular flexibility index (Phi) is 6.53. The van der Waals surface area contributed by atoms with Gasteiger partial charge in [0.2, 0.25) is 0 Å². The number of benzene rings is 2. The number of carboxylic acid groups (broad SMARTS) is 1. The second-order valence-electron chi connectivity index (χ2n) is 6.46. The molecule has 0 unspecified atom stereocenters. The van der Waals surface area contributed by atoms with E-state index in [0.29, 0.717) is 17.3 Å². The molecule has 144 valence electrons. The minimum Gasteiger partial charge on any atom is -0.487 e. The number of para-hydroxylation sites is 1. The molecule has 0 aliphatic carbocycles. The standard InChI is InChI=1S/C20H21ClFNO4/c21-15-5-6-18(26-13-20(24)25)14(11-15)12-23-9-7-16(8-10-23)27-19-4-2-1-3-17(19)22/h1-6,11,16H,7-10,12-13H2,(H,24,25). The monoisotopic (exact) mass is 393 g/mol. The number of aliphatic carboxylic acids is 1. The molecule has 27 heavy (non-hydrogen) atoms. The largest absolute Gasteiger partial charge is 0.487 e. The summed E-state index contributed by atoms with van der Waals surface area (Å²) in [5, 5.41) is 9.38. The number of nitrogens with zero attached hydrogens (tertiary/aromatic N) is 1. The van der Waals surface area contributed by atoms with Crippen LogP contribution in [0.1, 0.15) is 18.4 Å². The molecule has 1 aliphatic heterocycles. The minimum absolute atomic E-state index is 0.0276. The molecule has 7 heteroatoms. The Morgan fingerprint density at radius 3 is 2.63 bits per heavy atom. The molecule has 1 heterocycles. The van der Waals surface area contributed by atoms with E-state index in [9.17, 15) is 9.18 Å². The summed E-state index contributed by atoms with van der Waals surface area (Å²) in [7, 11) is 0. The Hall–Kier alpha value is -2.31. The molecule has 0 aromatic heterocycles. The average molecular weight is 394 g/mol. The van der Waals surface area contributed by atoms with Crippen molar-refractivity contribution in [3.05, 3.63) is 58.9 Å². The Bertz CT molecular complexity index is 793. The maximum Gasteiger partial charge on any atom is 0.341 e. The quantitative estimate of drug-likeness (QED) is 0.770. The van der Waals surface area contributed by atoms with Crippen molar-refractivity contribution in [2.45, 2.75) is 25.5 Å². The lowest BCUT2D eigenvalue weighted by atomic mass is 10.1. The summed E-state index contributed by atoms with van der Waals surface area (Å²) in [6, 6.07) is 11.6. The fourth-order valence-electron chi connectivity index (χ4n) is 3.10. The zero-order valence-electron chi connectivity index (χ0n) is 14.7. The molecule has 5 nitrogen and oxygen atoms in total. The Balaban J connectivity index is 1.57. The van der Waals surface area contributed by atoms with Crippen LogP contribution in [-0.2, 0) is 11.3 Å². The molecular weight excluding hydrogens is 373 g/mol. The summed E-state index contributed by atoms with van der Waals surface area (Å²) in [6.07, 6.45) is 1.53. The maximum absolute atomic E-state index is 13.7. The number of likely N-dealkylation sites (tertiary alicyclic amines) is 1. The van der Waals surface area contributed by atoms with Gasteiger partial charge in [0.1, 0.15) is 11.9 Å². The summed E-state index contributed by atoms with van der Waals surface area (Å²) < 4.78 is 24.9. The normalized spacial score (nSPS) is 15.5. The van der Waals surface area contributed by atoms with Crippen molar-refractivity contribution in [1.29, 1.82) is 0 Å². The average Bonchev–Trinajstić information content (AvgIpc) is 2.64. The molecule has 0 atom stereocenters. The van der Waals surface area contributed by atoms with Crippen LogP contribution in [0.5, 0.6) is 11.5 Å². The van der Waals surface area contributed by atoms with Crippen LogP contribution in [0, 0.1) is 5.82 Å². The number of halogens is 2. The van der Waals surface area contributed by atoms with E-state index in [0.717, 1.165) is 31.5 Å². The zero-order chi connectivity index (χ0) is 19.2. The van der Waals surface area contributed by atoms with E-state index in [2.05, 4.69) is 4.90 Å². The summed E-state index contributed by atoms with van der Waals surface area (Å²) >= 11 is 6.08. The van der Waals surface area contributed by atoms with Gasteiger partial charge in [-0.05, 0) is 43.2 Å². The van der Waals surface area contributed by atoms with Gasteiger partial charge >= 0.3 is 5.97 Å². The first-order valence-electron chi connectivity index (χ1n) is 8.78. The summed E-state index contributed by atoms with van der Waals surface area (Å²) in [4.78, 5) is 13.0. The van der Waals surface area contributed by atoms with E-state index in [1.165, 1.54) is 6.07 Å². The third-order valence-corrected chi connectivity index (χ3v) is 4.67. The summed E-state index contributed by atoms with van der Waals surface area (Å²) in [5.41, 5.74) is 0.845. The molecular formula is C20H21ClFNO4. The van der Waals surface area contributed by atoms with Gasteiger partial charge in [-0.2, -0.15) is 0 Å². The fourth-order valence-corrected chi connectivity index (χ4v) is 3.29. The van der Waals surface area contributed by atoms with Crippen molar-refractivity contribution in [1.82, 2.24) is 4.90 Å². The van der Waals surface area contributed by atoms with Gasteiger partial charge in [-0.15, -0.1) is 0 Å². The highest BCUT2D eigenvalue weighted by atomic mass is 35.5. The van der Waals surface area contributed by atoms with Crippen LogP contribution < -0.4 is 9.47 Å². The molecule has 1 saturated heterocycles. The molecule has 3 rings (SSSR count). The van der Waals surface area contributed by atoms with Crippen LogP contribution in [-0.4, -0.2) is 41.8 Å². The van der Waals surface area contributed by atoms with Gasteiger partial charge in [0, 0.05) is 30.2 Å². The highest BCUT2D eigenvalue weighted by Gasteiger charge is 2.22. The van der Waals surface area contributed by atoms with Crippen LogP contribution in [0.15, 0.2) is 42.5 Å². The molecule has 0 saturated carbocycles. The van der Waals surface area contributed by atoms with Gasteiger partial charge < -0.3 is 14.6 Å². The lowest BCUT2D eigenvalue weighted by Crippen LogP contribution is -2.38. The summed E-state index contributed by atoms with van der Waals surface area (Å²) in [5.74, 6) is -0.567. The lowest BCUT2D eigenvalue weighted by molar-refractivity contribution is -0.139. The number of hydrogen-bond acceptors (Lipinski definition) is 4. The van der Waals surface area contributed by atoms with Gasteiger partial charge in [0.05, 0.1) is 0 Å². The second kappa shape index (κ2) is 9.06. The van der Waals surface area contributed by atoms with Crippen LogP contribution in [0.3, 0.4) is 0 Å². The van der Waals surface area contributed by atoms with E-state index in [1.54, 1.807) is 36.4 Å². The predicted molar refractivity (Wildman–Crippen MR) is 99.9 cm³/mol. The van der Waals surface area contributed by atoms with Crippen molar-refractivity contribution in [2.24, 2.45) is 0 Å². The third kappa shape index (κ3) is 5.58. The van der Waals surface area contributed by atoms with Gasteiger partial charge in [0.25, 0.3) is 0 Å². The molecule has 1 aliphatic rings. The molecule has 0 amide bonds. The molecule has 0 spiro atoms. The molecule has 0 radical (unpaired) electrons. The number of carboxylic acids is 1. The number of ether oxygens (including phenoxy) is 2. The second-order valence-corrected chi connectivity index (χ2v) is 6.89. The Morgan fingerprint density at radius 1 is 1.19 bits per heavy atom. The first-order valence-corrected chi connectivity index (χ1v) is 9.15. The molecule has 0 bridgehead atoms. The van der Waals surface area contributed by atoms with Crippen molar-refractivity contribution >= 4 is 17.6 Å². The van der Waals surface area contributed by atoms with Crippen LogP contribution >= 0.6 is 11.6 Å². The van der Waals surface area contributed by atoms with Gasteiger partial charge in [-0.1, -0.05) is 23.7 Å². The SMILES string of the molecule is O=C(O)COc1ccc(Cl)cc1CN1CCC(Oc2ccccc2F)CC1. The van der Waals surface area contributed by atoms with Crippen LogP contribution in [0.4, 0.5) is 4.39 Å². The van der Waals surface area contributed by atoms with Crippen molar-refractivity contribution in [3.63, 3.8) is 0 Å². The van der Waals surface area contributed by atoms with E-state index >= 15 is 0 Å². The van der Waals surface area contributed by atoms with Gasteiger partial charge in [-0.25, -0.2) is 9.18 Å². The lowest BCUT2D eigenvalue weighted by Gasteiger charge is -2.32. The van der Waals surface area contributed by atoms with Crippen LogP contribution in [0.2, 0.25) is 5.02 Å². The van der Waals surface area contributed by atoms with Crippen molar-refractivity contribution in [3.8, 4) is 11.5 Å².